The van der Waals surface area contributed by atoms with Crippen LogP contribution in [0.15, 0.2) is 15.5 Å². The standard InChI is InChI=1S/C11H18BrN3O3/c1-17-6-3-4-13-9-8-14-15(5-7-18-2)11(16)10(9)12/h8,13H,3-7H2,1-2H3. The van der Waals surface area contributed by atoms with Crippen molar-refractivity contribution in [1.82, 2.24) is 9.78 Å². The molecule has 0 saturated carbocycles. The molecule has 1 rings (SSSR count). The van der Waals surface area contributed by atoms with Crippen LogP contribution in [-0.4, -0.2) is 43.8 Å². The number of nitrogens with zero attached hydrogens (tertiary/aromatic N) is 2. The van der Waals surface area contributed by atoms with Gasteiger partial charge in [-0.2, -0.15) is 5.10 Å². The summed E-state index contributed by atoms with van der Waals surface area (Å²) in [6.45, 7) is 2.32. The molecule has 0 spiro atoms. The summed E-state index contributed by atoms with van der Waals surface area (Å²) in [4.78, 5) is 11.9. The van der Waals surface area contributed by atoms with Gasteiger partial charge in [-0.05, 0) is 22.4 Å². The van der Waals surface area contributed by atoms with E-state index in [1.807, 2.05) is 0 Å². The van der Waals surface area contributed by atoms with Crippen LogP contribution in [0.3, 0.4) is 0 Å². The zero-order valence-electron chi connectivity index (χ0n) is 10.6. The Kier molecular flexibility index (Phi) is 6.92. The predicted molar refractivity (Wildman–Crippen MR) is 73.1 cm³/mol. The van der Waals surface area contributed by atoms with Crippen LogP contribution < -0.4 is 10.9 Å². The van der Waals surface area contributed by atoms with Gasteiger partial charge in [-0.1, -0.05) is 0 Å². The third-order valence-electron chi connectivity index (χ3n) is 2.33. The maximum atomic E-state index is 11.9. The molecule has 7 heteroatoms. The van der Waals surface area contributed by atoms with Crippen molar-refractivity contribution in [3.8, 4) is 0 Å². The van der Waals surface area contributed by atoms with Gasteiger partial charge in [-0.15, -0.1) is 0 Å². The monoisotopic (exact) mass is 319 g/mol. The third-order valence-corrected chi connectivity index (χ3v) is 3.10. The highest BCUT2D eigenvalue weighted by molar-refractivity contribution is 9.10. The van der Waals surface area contributed by atoms with E-state index in [2.05, 4.69) is 26.3 Å². The summed E-state index contributed by atoms with van der Waals surface area (Å²) in [6.07, 6.45) is 2.50. The van der Waals surface area contributed by atoms with Crippen molar-refractivity contribution in [3.05, 3.63) is 21.0 Å². The van der Waals surface area contributed by atoms with E-state index in [9.17, 15) is 4.79 Å². The molecule has 0 fully saturated rings. The van der Waals surface area contributed by atoms with Crippen molar-refractivity contribution in [1.29, 1.82) is 0 Å². The second kappa shape index (κ2) is 8.23. The highest BCUT2D eigenvalue weighted by atomic mass is 79.9. The molecule has 1 aromatic rings. The maximum absolute atomic E-state index is 11.9. The molecule has 0 amide bonds. The molecule has 1 heterocycles. The van der Waals surface area contributed by atoms with E-state index in [1.165, 1.54) is 4.68 Å². The maximum Gasteiger partial charge on any atom is 0.283 e. The summed E-state index contributed by atoms with van der Waals surface area (Å²) in [5, 5.41) is 7.21. The Hall–Kier alpha value is -0.920. The first-order valence-corrected chi connectivity index (χ1v) is 6.47. The summed E-state index contributed by atoms with van der Waals surface area (Å²) in [5.41, 5.74) is 0.536. The van der Waals surface area contributed by atoms with Crippen molar-refractivity contribution in [2.45, 2.75) is 13.0 Å². The Bertz CT molecular complexity index is 422. The summed E-state index contributed by atoms with van der Waals surface area (Å²) < 4.78 is 11.7. The first-order valence-electron chi connectivity index (χ1n) is 5.68. The molecular weight excluding hydrogens is 302 g/mol. The topological polar surface area (TPSA) is 65.4 Å². The van der Waals surface area contributed by atoms with E-state index >= 15 is 0 Å². The van der Waals surface area contributed by atoms with Gasteiger partial charge in [0.2, 0.25) is 0 Å². The Morgan fingerprint density at radius 3 is 2.78 bits per heavy atom. The second-order valence-corrected chi connectivity index (χ2v) is 4.46. The van der Waals surface area contributed by atoms with E-state index in [-0.39, 0.29) is 5.56 Å². The van der Waals surface area contributed by atoms with Gasteiger partial charge in [-0.3, -0.25) is 4.79 Å². The summed E-state index contributed by atoms with van der Waals surface area (Å²) in [7, 11) is 3.25. The number of rotatable bonds is 8. The fraction of sp³-hybridized carbons (Fsp3) is 0.636. The average Bonchev–Trinajstić information content (AvgIpc) is 2.38. The van der Waals surface area contributed by atoms with Crippen LogP contribution in [0.5, 0.6) is 0 Å². The highest BCUT2D eigenvalue weighted by Crippen LogP contribution is 2.15. The number of halogens is 1. The Morgan fingerprint density at radius 2 is 2.11 bits per heavy atom. The van der Waals surface area contributed by atoms with Crippen molar-refractivity contribution < 1.29 is 9.47 Å². The first kappa shape index (κ1) is 15.1. The van der Waals surface area contributed by atoms with Crippen molar-refractivity contribution in [3.63, 3.8) is 0 Å². The van der Waals surface area contributed by atoms with E-state index in [0.29, 0.717) is 29.9 Å². The van der Waals surface area contributed by atoms with Gasteiger partial charge < -0.3 is 14.8 Å². The molecule has 1 aromatic heterocycles. The number of hydrogen-bond donors (Lipinski definition) is 1. The molecule has 0 atom stereocenters. The molecule has 0 radical (unpaired) electrons. The molecule has 0 bridgehead atoms. The van der Waals surface area contributed by atoms with Gasteiger partial charge in [0.1, 0.15) is 4.47 Å². The number of nitrogens with one attached hydrogen (secondary N) is 1. The molecule has 18 heavy (non-hydrogen) atoms. The third kappa shape index (κ3) is 4.40. The lowest BCUT2D eigenvalue weighted by molar-refractivity contribution is 0.181. The number of methoxy groups -OCH3 is 2. The smallest absolute Gasteiger partial charge is 0.283 e. The Labute approximate surface area is 114 Å². The van der Waals surface area contributed by atoms with E-state index in [1.54, 1.807) is 20.4 Å². The van der Waals surface area contributed by atoms with Gasteiger partial charge in [-0.25, -0.2) is 4.68 Å². The molecule has 0 aromatic carbocycles. The van der Waals surface area contributed by atoms with Gasteiger partial charge in [0.25, 0.3) is 5.56 Å². The van der Waals surface area contributed by atoms with Gasteiger partial charge in [0, 0.05) is 27.4 Å². The first-order chi connectivity index (χ1) is 8.70. The van der Waals surface area contributed by atoms with Crippen LogP contribution in [0.2, 0.25) is 0 Å². The van der Waals surface area contributed by atoms with Gasteiger partial charge in [0.15, 0.2) is 0 Å². The van der Waals surface area contributed by atoms with Crippen LogP contribution in [0.25, 0.3) is 0 Å². The molecule has 0 aliphatic carbocycles. The molecule has 0 unspecified atom stereocenters. The molecule has 6 nitrogen and oxygen atoms in total. The number of hydrogen-bond acceptors (Lipinski definition) is 5. The van der Waals surface area contributed by atoms with E-state index < -0.39 is 0 Å². The van der Waals surface area contributed by atoms with Gasteiger partial charge >= 0.3 is 0 Å². The molecule has 0 saturated heterocycles. The predicted octanol–water partition coefficient (Wildman–Crippen LogP) is 1.10. The van der Waals surface area contributed by atoms with E-state index in [4.69, 9.17) is 9.47 Å². The quantitative estimate of drug-likeness (QED) is 0.727. The summed E-state index contributed by atoms with van der Waals surface area (Å²) in [5.74, 6) is 0. The second-order valence-electron chi connectivity index (χ2n) is 3.67. The minimum absolute atomic E-state index is 0.163. The lowest BCUT2D eigenvalue weighted by Crippen LogP contribution is -2.26. The van der Waals surface area contributed by atoms with Crippen molar-refractivity contribution in [2.24, 2.45) is 0 Å². The summed E-state index contributed by atoms with van der Waals surface area (Å²) >= 11 is 3.28. The van der Waals surface area contributed by atoms with Crippen LogP contribution in [0.1, 0.15) is 6.42 Å². The lowest BCUT2D eigenvalue weighted by atomic mass is 10.4. The number of anilines is 1. The lowest BCUT2D eigenvalue weighted by Gasteiger charge is -2.10. The van der Waals surface area contributed by atoms with Crippen molar-refractivity contribution >= 4 is 21.6 Å². The molecule has 0 aliphatic heterocycles. The van der Waals surface area contributed by atoms with Crippen LogP contribution in [-0.2, 0) is 16.0 Å². The minimum atomic E-state index is -0.163. The number of aromatic nitrogens is 2. The Balaban J connectivity index is 2.65. The molecule has 0 aliphatic rings. The fourth-order valence-corrected chi connectivity index (χ4v) is 1.81. The van der Waals surface area contributed by atoms with Crippen LogP contribution in [0.4, 0.5) is 5.69 Å². The largest absolute Gasteiger partial charge is 0.385 e. The normalized spacial score (nSPS) is 10.6. The molecule has 102 valence electrons. The fourth-order valence-electron chi connectivity index (χ4n) is 1.36. The average molecular weight is 320 g/mol. The zero-order valence-corrected chi connectivity index (χ0v) is 12.2. The summed E-state index contributed by atoms with van der Waals surface area (Å²) in [6, 6.07) is 0. The van der Waals surface area contributed by atoms with Crippen LogP contribution >= 0.6 is 15.9 Å². The number of ether oxygens (including phenoxy) is 2. The zero-order chi connectivity index (χ0) is 13.4. The Morgan fingerprint density at radius 1 is 1.39 bits per heavy atom. The van der Waals surface area contributed by atoms with Gasteiger partial charge in [0.05, 0.1) is 25.0 Å². The molecule has 1 N–H and O–H groups in total. The highest BCUT2D eigenvalue weighted by Gasteiger charge is 2.07. The van der Waals surface area contributed by atoms with Crippen molar-refractivity contribution in [2.75, 3.05) is 39.3 Å². The SMILES string of the molecule is COCCCNc1cnn(CCOC)c(=O)c1Br. The van der Waals surface area contributed by atoms with Crippen LogP contribution in [0, 0.1) is 0 Å². The van der Waals surface area contributed by atoms with E-state index in [0.717, 1.165) is 13.0 Å². The minimum Gasteiger partial charge on any atom is -0.385 e. The molecular formula is C11H18BrN3O3.